The van der Waals surface area contributed by atoms with Crippen molar-refractivity contribution in [3.8, 4) is 0 Å². The Morgan fingerprint density at radius 1 is 1.31 bits per heavy atom. The second-order valence-corrected chi connectivity index (χ2v) is 2.56. The topological polar surface area (TPSA) is 46.2 Å². The van der Waals surface area contributed by atoms with Crippen LogP contribution >= 0.6 is 0 Å². The third-order valence-corrected chi connectivity index (χ3v) is 1.25. The fourth-order valence-electron chi connectivity index (χ4n) is 0.639. The molecule has 0 heterocycles. The summed E-state index contributed by atoms with van der Waals surface area (Å²) in [5.41, 5.74) is 0. The van der Waals surface area contributed by atoms with Gasteiger partial charge in [0.25, 0.3) is 0 Å². The third kappa shape index (κ3) is 6.12. The van der Waals surface area contributed by atoms with Crippen molar-refractivity contribution in [2.45, 2.75) is 25.9 Å². The summed E-state index contributed by atoms with van der Waals surface area (Å²) in [6, 6.07) is 0. The summed E-state index contributed by atoms with van der Waals surface area (Å²) in [6.07, 6.45) is -4.43. The highest BCUT2D eigenvalue weighted by Gasteiger charge is 2.38. The second kappa shape index (κ2) is 4.84. The Morgan fingerprint density at radius 3 is 2.23 bits per heavy atom. The molecule has 0 saturated carbocycles. The molecule has 6 heteroatoms. The molecule has 0 aromatic carbocycles. The molecule has 0 aliphatic carbocycles. The van der Waals surface area contributed by atoms with Crippen LogP contribution in [0.15, 0.2) is 0 Å². The van der Waals surface area contributed by atoms with Crippen LogP contribution in [0.3, 0.4) is 0 Å². The average Bonchev–Trinajstić information content (AvgIpc) is 1.95. The number of hydrogen-bond donors (Lipinski definition) is 1. The molecule has 0 rings (SSSR count). The van der Waals surface area contributed by atoms with E-state index in [-0.39, 0.29) is 25.2 Å². The van der Waals surface area contributed by atoms with Gasteiger partial charge in [-0.25, -0.2) is 0 Å². The summed E-state index contributed by atoms with van der Waals surface area (Å²) in [5, 5.41) is 1.66. The van der Waals surface area contributed by atoms with E-state index in [1.165, 1.54) is 6.92 Å². The van der Waals surface area contributed by atoms with E-state index in [0.29, 0.717) is 0 Å². The molecular weight excluding hydrogens is 187 g/mol. The smallest absolute Gasteiger partial charge is 0.348 e. The number of carbonyl (C=O) groups excluding carboxylic acids is 2. The minimum absolute atomic E-state index is 0.110. The van der Waals surface area contributed by atoms with E-state index in [2.05, 4.69) is 0 Å². The van der Waals surface area contributed by atoms with E-state index in [1.54, 1.807) is 5.32 Å². The minimum Gasteiger partial charge on any atom is -0.348 e. The first kappa shape index (κ1) is 11.9. The first-order chi connectivity index (χ1) is 5.84. The molecule has 76 valence electrons. The maximum Gasteiger partial charge on any atom is 0.471 e. The number of ketones is 1. The van der Waals surface area contributed by atoms with Gasteiger partial charge in [0, 0.05) is 13.0 Å². The predicted octanol–water partition coefficient (Wildman–Crippen LogP) is 1.03. The number of nitrogens with one attached hydrogen (secondary N) is 1. The van der Waals surface area contributed by atoms with Crippen molar-refractivity contribution in [1.29, 1.82) is 0 Å². The number of amides is 1. The van der Waals surface area contributed by atoms with Crippen LogP contribution in [0.25, 0.3) is 0 Å². The van der Waals surface area contributed by atoms with Crippen LogP contribution in [0, 0.1) is 0 Å². The molecular formula is C7H10F3NO2. The van der Waals surface area contributed by atoms with Crippen LogP contribution in [0.5, 0.6) is 0 Å². The van der Waals surface area contributed by atoms with E-state index in [9.17, 15) is 22.8 Å². The molecule has 1 amide bonds. The number of rotatable bonds is 4. The van der Waals surface area contributed by atoms with Crippen LogP contribution in [0.4, 0.5) is 13.2 Å². The van der Waals surface area contributed by atoms with E-state index in [4.69, 9.17) is 0 Å². The van der Waals surface area contributed by atoms with Gasteiger partial charge < -0.3 is 10.1 Å². The molecule has 0 unspecified atom stereocenters. The lowest BCUT2D eigenvalue weighted by atomic mass is 10.2. The summed E-state index contributed by atoms with van der Waals surface area (Å²) < 4.78 is 34.7. The predicted molar refractivity (Wildman–Crippen MR) is 39.0 cm³/mol. The van der Waals surface area contributed by atoms with Crippen LogP contribution < -0.4 is 5.32 Å². The van der Waals surface area contributed by atoms with Gasteiger partial charge >= 0.3 is 12.1 Å². The third-order valence-electron chi connectivity index (χ3n) is 1.25. The summed E-state index contributed by atoms with van der Waals surface area (Å²) in [5.74, 6) is -2.07. The van der Waals surface area contributed by atoms with E-state index < -0.39 is 12.1 Å². The van der Waals surface area contributed by atoms with Crippen molar-refractivity contribution < 1.29 is 22.8 Å². The molecule has 13 heavy (non-hydrogen) atoms. The van der Waals surface area contributed by atoms with Crippen molar-refractivity contribution in [2.75, 3.05) is 6.54 Å². The van der Waals surface area contributed by atoms with E-state index in [1.807, 2.05) is 0 Å². The van der Waals surface area contributed by atoms with Crippen LogP contribution in [-0.4, -0.2) is 24.4 Å². The molecule has 0 radical (unpaired) electrons. The molecule has 0 spiro atoms. The zero-order valence-electron chi connectivity index (χ0n) is 7.07. The SMILES string of the molecule is CC(=O)CCCNC(=O)C(F)(F)F. The Hall–Kier alpha value is -1.07. The summed E-state index contributed by atoms with van der Waals surface area (Å²) in [4.78, 5) is 20.5. The van der Waals surface area contributed by atoms with Gasteiger partial charge in [0.2, 0.25) is 0 Å². The Kier molecular flexibility index (Phi) is 4.44. The molecule has 0 atom stereocenters. The highest BCUT2D eigenvalue weighted by Crippen LogP contribution is 2.13. The fourth-order valence-corrected chi connectivity index (χ4v) is 0.639. The molecule has 0 fully saturated rings. The largest absolute Gasteiger partial charge is 0.471 e. The Morgan fingerprint density at radius 2 is 1.85 bits per heavy atom. The van der Waals surface area contributed by atoms with Gasteiger partial charge in [-0.3, -0.25) is 4.79 Å². The average molecular weight is 197 g/mol. The standard InChI is InChI=1S/C7H10F3NO2/c1-5(12)3-2-4-11-6(13)7(8,9)10/h2-4H2,1H3,(H,11,13). The lowest BCUT2D eigenvalue weighted by Gasteiger charge is -2.06. The zero-order valence-corrected chi connectivity index (χ0v) is 7.07. The fraction of sp³-hybridized carbons (Fsp3) is 0.714. The molecule has 0 bridgehead atoms. The van der Waals surface area contributed by atoms with Gasteiger partial charge in [-0.15, -0.1) is 0 Å². The molecule has 0 aromatic rings. The van der Waals surface area contributed by atoms with Crippen molar-refractivity contribution in [1.82, 2.24) is 5.32 Å². The molecule has 0 saturated heterocycles. The summed E-state index contributed by atoms with van der Waals surface area (Å²) in [7, 11) is 0. The van der Waals surface area contributed by atoms with Gasteiger partial charge in [0.15, 0.2) is 0 Å². The van der Waals surface area contributed by atoms with Crippen molar-refractivity contribution >= 4 is 11.7 Å². The number of carbonyl (C=O) groups is 2. The lowest BCUT2D eigenvalue weighted by molar-refractivity contribution is -0.173. The quantitative estimate of drug-likeness (QED) is 0.684. The van der Waals surface area contributed by atoms with E-state index >= 15 is 0 Å². The second-order valence-electron chi connectivity index (χ2n) is 2.56. The molecule has 0 aromatic heterocycles. The van der Waals surface area contributed by atoms with Gasteiger partial charge in [-0.05, 0) is 13.3 Å². The lowest BCUT2D eigenvalue weighted by Crippen LogP contribution is -2.37. The van der Waals surface area contributed by atoms with Crippen LogP contribution in [-0.2, 0) is 9.59 Å². The van der Waals surface area contributed by atoms with Crippen molar-refractivity contribution in [2.24, 2.45) is 0 Å². The maximum atomic E-state index is 11.6. The summed E-state index contributed by atoms with van der Waals surface area (Å²) in [6.45, 7) is 1.21. The molecule has 3 nitrogen and oxygen atoms in total. The number of alkyl halides is 3. The first-order valence-corrected chi connectivity index (χ1v) is 3.68. The zero-order chi connectivity index (χ0) is 10.5. The monoisotopic (exact) mass is 197 g/mol. The number of Topliss-reactive ketones (excluding diaryl/α,β-unsaturated/α-hetero) is 1. The van der Waals surface area contributed by atoms with Crippen molar-refractivity contribution in [3.63, 3.8) is 0 Å². The highest BCUT2D eigenvalue weighted by molar-refractivity contribution is 5.81. The number of hydrogen-bond acceptors (Lipinski definition) is 2. The number of halogens is 3. The summed E-state index contributed by atoms with van der Waals surface area (Å²) >= 11 is 0. The molecule has 0 aliphatic heterocycles. The normalized spacial score (nSPS) is 11.1. The van der Waals surface area contributed by atoms with Crippen molar-refractivity contribution in [3.05, 3.63) is 0 Å². The van der Waals surface area contributed by atoms with Gasteiger partial charge in [0.1, 0.15) is 5.78 Å². The maximum absolute atomic E-state index is 11.6. The van der Waals surface area contributed by atoms with Crippen LogP contribution in [0.1, 0.15) is 19.8 Å². The highest BCUT2D eigenvalue weighted by atomic mass is 19.4. The Balaban J connectivity index is 3.55. The van der Waals surface area contributed by atoms with E-state index in [0.717, 1.165) is 0 Å². The minimum atomic E-state index is -4.84. The van der Waals surface area contributed by atoms with Gasteiger partial charge in [0.05, 0.1) is 0 Å². The first-order valence-electron chi connectivity index (χ1n) is 3.68. The van der Waals surface area contributed by atoms with Gasteiger partial charge in [-0.1, -0.05) is 0 Å². The Bertz CT molecular complexity index is 200. The Labute approximate surface area is 73.3 Å². The van der Waals surface area contributed by atoms with Gasteiger partial charge in [-0.2, -0.15) is 13.2 Å². The van der Waals surface area contributed by atoms with Crippen LogP contribution in [0.2, 0.25) is 0 Å². The molecule has 1 N–H and O–H groups in total. The molecule has 0 aliphatic rings.